The monoisotopic (exact) mass is 213 g/mol. The molecule has 6 heteroatoms. The summed E-state index contributed by atoms with van der Waals surface area (Å²) in [7, 11) is -4.45. The van der Waals surface area contributed by atoms with Crippen LogP contribution in [0.15, 0.2) is 29.7 Å². The van der Waals surface area contributed by atoms with Gasteiger partial charge < -0.3 is 15.5 Å². The van der Waals surface area contributed by atoms with Gasteiger partial charge in [0.1, 0.15) is 0 Å². The summed E-state index contributed by atoms with van der Waals surface area (Å²) in [5.41, 5.74) is 5.84. The second kappa shape index (κ2) is 4.02. The third kappa shape index (κ3) is 2.49. The normalized spacial score (nSPS) is 13.6. The summed E-state index contributed by atoms with van der Waals surface area (Å²) >= 11 is 0. The molecule has 1 unspecified atom stereocenters. The van der Waals surface area contributed by atoms with Crippen molar-refractivity contribution in [3.63, 3.8) is 0 Å². The summed E-state index contributed by atoms with van der Waals surface area (Å²) in [6, 6.07) is 3.84. The molecule has 0 amide bonds. The minimum absolute atomic E-state index is 0.327. The molecule has 75 valence electrons. The molecule has 1 rings (SSSR count). The zero-order valence-corrected chi connectivity index (χ0v) is 8.13. The van der Waals surface area contributed by atoms with E-state index in [1.807, 2.05) is 0 Å². The number of nitrogens with zero attached hydrogens (tertiary/aromatic N) is 1. The maximum atomic E-state index is 10.8. The molecule has 0 aromatic carbocycles. The van der Waals surface area contributed by atoms with Gasteiger partial charge in [-0.2, -0.15) is 0 Å². The van der Waals surface area contributed by atoms with Gasteiger partial charge in [0.05, 0.1) is 17.0 Å². The van der Waals surface area contributed by atoms with Gasteiger partial charge >= 0.3 is 7.60 Å². The van der Waals surface area contributed by atoms with E-state index < -0.39 is 19.0 Å². The van der Waals surface area contributed by atoms with Crippen molar-refractivity contribution in [1.29, 1.82) is 0 Å². The summed E-state index contributed by atoms with van der Waals surface area (Å²) in [5, 5.41) is -0.573. The van der Waals surface area contributed by atoms with Gasteiger partial charge in [-0.3, -0.25) is 9.55 Å². The maximum Gasteiger partial charge on any atom is 0.354 e. The second-order valence-corrected chi connectivity index (χ2v) is 4.31. The van der Waals surface area contributed by atoms with E-state index in [9.17, 15) is 4.57 Å². The molecular formula is C8H10N2O3P. The zero-order valence-electron chi connectivity index (χ0n) is 7.24. The number of aromatic nitrogens is 1. The highest BCUT2D eigenvalue weighted by molar-refractivity contribution is 7.56. The summed E-state index contributed by atoms with van der Waals surface area (Å²) in [6.07, 6.45) is 1.47. The Bertz CT molecular complexity index is 373. The van der Waals surface area contributed by atoms with Crippen LogP contribution >= 0.6 is 7.60 Å². The van der Waals surface area contributed by atoms with Crippen molar-refractivity contribution < 1.29 is 14.4 Å². The Kier molecular flexibility index (Phi) is 3.18. The Morgan fingerprint density at radius 3 is 2.64 bits per heavy atom. The van der Waals surface area contributed by atoms with E-state index in [2.05, 4.69) is 4.98 Å². The molecule has 1 heterocycles. The first-order valence-corrected chi connectivity index (χ1v) is 5.39. The lowest BCUT2D eigenvalue weighted by molar-refractivity contribution is 0.379. The molecule has 0 bridgehead atoms. The van der Waals surface area contributed by atoms with E-state index in [0.29, 0.717) is 5.69 Å². The Balaban J connectivity index is 2.93. The molecule has 0 fully saturated rings. The fourth-order valence-electron chi connectivity index (χ4n) is 0.893. The number of pyridine rings is 1. The van der Waals surface area contributed by atoms with Crippen molar-refractivity contribution in [3.8, 4) is 0 Å². The summed E-state index contributed by atoms with van der Waals surface area (Å²) < 4.78 is 10.8. The molecule has 0 saturated heterocycles. The predicted octanol–water partition coefficient (Wildman–Crippen LogP) is 0.576. The Hall–Kier alpha value is -1.00. The summed E-state index contributed by atoms with van der Waals surface area (Å²) in [5.74, 6) is 0. The van der Waals surface area contributed by atoms with Gasteiger partial charge in [-0.05, 0) is 18.7 Å². The van der Waals surface area contributed by atoms with Crippen molar-refractivity contribution in [2.24, 2.45) is 5.73 Å². The highest BCUT2D eigenvalue weighted by atomic mass is 31.2. The highest BCUT2D eigenvalue weighted by Gasteiger charge is 2.26. The molecule has 1 aromatic rings. The van der Waals surface area contributed by atoms with E-state index in [-0.39, 0.29) is 0 Å². The van der Waals surface area contributed by atoms with Crippen LogP contribution in [0.4, 0.5) is 0 Å². The van der Waals surface area contributed by atoms with Crippen LogP contribution in [0.3, 0.4) is 0 Å². The lowest BCUT2D eigenvalue weighted by atomic mass is 10.2. The molecule has 4 N–H and O–H groups in total. The summed E-state index contributed by atoms with van der Waals surface area (Å²) in [4.78, 5) is 21.4. The van der Waals surface area contributed by atoms with Gasteiger partial charge in [0.2, 0.25) is 0 Å². The minimum atomic E-state index is -4.45. The maximum absolute atomic E-state index is 10.8. The number of nitrogens with two attached hydrogens (primary N) is 1. The van der Waals surface area contributed by atoms with E-state index in [1.165, 1.54) is 6.20 Å². The number of hydrogen-bond acceptors (Lipinski definition) is 3. The average Bonchev–Trinajstić information content (AvgIpc) is 2.15. The SMILES string of the molecule is [CH]=C(C(N)c1ccccn1)P(=O)(O)O. The van der Waals surface area contributed by atoms with Crippen molar-refractivity contribution in [2.45, 2.75) is 6.04 Å². The highest BCUT2D eigenvalue weighted by Crippen LogP contribution is 2.48. The van der Waals surface area contributed by atoms with Gasteiger partial charge in [-0.25, -0.2) is 0 Å². The van der Waals surface area contributed by atoms with Crippen LogP contribution in [0.25, 0.3) is 0 Å². The predicted molar refractivity (Wildman–Crippen MR) is 51.0 cm³/mol. The first kappa shape index (κ1) is 11.1. The first-order chi connectivity index (χ1) is 6.43. The standard InChI is InChI=1S/C8H10N2O3P/c1-6(14(11,12)13)8(9)7-4-2-3-5-10-7/h1-5,8H,9H2,(H2,11,12,13). The third-order valence-corrected chi connectivity index (χ3v) is 2.61. The van der Waals surface area contributed by atoms with Crippen LogP contribution in [-0.4, -0.2) is 14.8 Å². The van der Waals surface area contributed by atoms with Gasteiger partial charge in [-0.15, -0.1) is 0 Å². The molecule has 1 radical (unpaired) electrons. The molecule has 0 spiro atoms. The lowest BCUT2D eigenvalue weighted by Gasteiger charge is -2.14. The smallest absolute Gasteiger partial charge is 0.321 e. The molecule has 0 aliphatic rings. The van der Waals surface area contributed by atoms with Gasteiger partial charge in [0, 0.05) is 6.20 Å². The Labute approximate surface area is 81.4 Å². The van der Waals surface area contributed by atoms with Gasteiger partial charge in [-0.1, -0.05) is 6.07 Å². The van der Waals surface area contributed by atoms with Crippen molar-refractivity contribution in [3.05, 3.63) is 42.0 Å². The quantitative estimate of drug-likeness (QED) is 0.638. The molecule has 1 atom stereocenters. The van der Waals surface area contributed by atoms with Crippen LogP contribution in [0.2, 0.25) is 0 Å². The molecule has 0 aliphatic heterocycles. The average molecular weight is 213 g/mol. The second-order valence-electron chi connectivity index (χ2n) is 2.70. The van der Waals surface area contributed by atoms with Crippen LogP contribution < -0.4 is 5.73 Å². The van der Waals surface area contributed by atoms with Crippen molar-refractivity contribution in [2.75, 3.05) is 0 Å². The van der Waals surface area contributed by atoms with Crippen LogP contribution in [0.5, 0.6) is 0 Å². The van der Waals surface area contributed by atoms with Gasteiger partial charge in [0.15, 0.2) is 0 Å². The molecule has 5 nitrogen and oxygen atoms in total. The zero-order chi connectivity index (χ0) is 10.8. The number of rotatable bonds is 3. The van der Waals surface area contributed by atoms with E-state index >= 15 is 0 Å². The fraction of sp³-hybridized carbons (Fsp3) is 0.125. The molecule has 1 aromatic heterocycles. The van der Waals surface area contributed by atoms with Crippen LogP contribution in [0.1, 0.15) is 11.7 Å². The molecule has 14 heavy (non-hydrogen) atoms. The van der Waals surface area contributed by atoms with Crippen molar-refractivity contribution >= 4 is 7.60 Å². The number of hydrogen-bond donors (Lipinski definition) is 3. The first-order valence-electron chi connectivity index (χ1n) is 3.78. The molecule has 0 aliphatic carbocycles. The van der Waals surface area contributed by atoms with Crippen molar-refractivity contribution in [1.82, 2.24) is 4.98 Å². The Morgan fingerprint density at radius 2 is 2.21 bits per heavy atom. The van der Waals surface area contributed by atoms with Crippen LogP contribution in [0, 0.1) is 6.58 Å². The minimum Gasteiger partial charge on any atom is -0.321 e. The summed E-state index contributed by atoms with van der Waals surface area (Å²) in [6.45, 7) is 5.21. The Morgan fingerprint density at radius 1 is 1.57 bits per heavy atom. The lowest BCUT2D eigenvalue weighted by Crippen LogP contribution is -2.14. The largest absolute Gasteiger partial charge is 0.354 e. The van der Waals surface area contributed by atoms with E-state index in [4.69, 9.17) is 22.1 Å². The molecular weight excluding hydrogens is 203 g/mol. The van der Waals surface area contributed by atoms with Crippen LogP contribution in [-0.2, 0) is 4.57 Å². The third-order valence-electron chi connectivity index (χ3n) is 1.66. The topological polar surface area (TPSA) is 96.4 Å². The van der Waals surface area contributed by atoms with Gasteiger partial charge in [0.25, 0.3) is 0 Å². The van der Waals surface area contributed by atoms with E-state index in [0.717, 1.165) is 0 Å². The molecule has 0 saturated carbocycles. The fourth-order valence-corrected chi connectivity index (χ4v) is 1.39. The van der Waals surface area contributed by atoms with E-state index in [1.54, 1.807) is 18.2 Å².